The molecule has 2 aliphatic heterocycles. The summed E-state index contributed by atoms with van der Waals surface area (Å²) in [5, 5.41) is 7.76. The highest BCUT2D eigenvalue weighted by atomic mass is 32.1. The lowest BCUT2D eigenvalue weighted by atomic mass is 9.81. The molecule has 4 rings (SSSR count). The van der Waals surface area contributed by atoms with Gasteiger partial charge in [0.15, 0.2) is 5.11 Å². The summed E-state index contributed by atoms with van der Waals surface area (Å²) in [4.78, 5) is 2.86. The zero-order valence-electron chi connectivity index (χ0n) is 14.8. The van der Waals surface area contributed by atoms with Crippen LogP contribution in [0.4, 0.5) is 5.69 Å². The first kappa shape index (κ1) is 16.3. The van der Waals surface area contributed by atoms with Crippen molar-refractivity contribution >= 4 is 23.0 Å². The minimum Gasteiger partial charge on any atom is -0.360 e. The van der Waals surface area contributed by atoms with Crippen LogP contribution in [-0.4, -0.2) is 34.2 Å². The highest BCUT2D eigenvalue weighted by molar-refractivity contribution is 7.80. The van der Waals surface area contributed by atoms with E-state index in [9.17, 15) is 0 Å². The standard InChI is InChI=1S/C20H29N3S/c1-13-6-7-15(10-14(13)2)21-20(24)22-16-11-18-4-3-5-19(12-16)23(18)17-8-9-17/h6-7,10,16-19H,3-5,8-9,11-12H2,1-2H3,(H2,21,22,24)/t16?,18-,19+. The Balaban J connectivity index is 1.35. The molecule has 130 valence electrons. The Labute approximate surface area is 151 Å². The second-order valence-electron chi connectivity index (χ2n) is 7.98. The molecule has 2 bridgehead atoms. The Morgan fingerprint density at radius 2 is 1.71 bits per heavy atom. The average molecular weight is 344 g/mol. The number of nitrogens with zero attached hydrogens (tertiary/aromatic N) is 1. The molecular formula is C20H29N3S. The molecule has 2 heterocycles. The number of nitrogens with one attached hydrogen (secondary N) is 2. The monoisotopic (exact) mass is 343 g/mol. The van der Waals surface area contributed by atoms with E-state index in [0.29, 0.717) is 6.04 Å². The third-order valence-electron chi connectivity index (χ3n) is 6.10. The first-order valence-corrected chi connectivity index (χ1v) is 9.93. The van der Waals surface area contributed by atoms with Crippen molar-refractivity contribution in [2.75, 3.05) is 5.32 Å². The normalized spacial score (nSPS) is 30.0. The number of rotatable bonds is 3. The average Bonchev–Trinajstić information content (AvgIpc) is 3.34. The molecule has 24 heavy (non-hydrogen) atoms. The van der Waals surface area contributed by atoms with Gasteiger partial charge in [0.25, 0.3) is 0 Å². The van der Waals surface area contributed by atoms with Gasteiger partial charge in [-0.25, -0.2) is 0 Å². The van der Waals surface area contributed by atoms with Crippen molar-refractivity contribution in [1.29, 1.82) is 0 Å². The van der Waals surface area contributed by atoms with Crippen molar-refractivity contribution in [1.82, 2.24) is 10.2 Å². The molecule has 1 aromatic carbocycles. The van der Waals surface area contributed by atoms with Gasteiger partial charge in [0, 0.05) is 29.9 Å². The van der Waals surface area contributed by atoms with Crippen LogP contribution < -0.4 is 10.6 Å². The number of thiocarbonyl (C=S) groups is 1. The summed E-state index contributed by atoms with van der Waals surface area (Å²) in [6.07, 6.45) is 9.53. The van der Waals surface area contributed by atoms with Crippen LogP contribution in [0.3, 0.4) is 0 Å². The first-order valence-electron chi connectivity index (χ1n) is 9.52. The minimum absolute atomic E-state index is 0.529. The largest absolute Gasteiger partial charge is 0.360 e. The summed E-state index contributed by atoms with van der Waals surface area (Å²) in [5.74, 6) is 0. The van der Waals surface area contributed by atoms with Crippen molar-refractivity contribution in [3.05, 3.63) is 29.3 Å². The van der Waals surface area contributed by atoms with E-state index in [1.807, 2.05) is 0 Å². The summed E-state index contributed by atoms with van der Waals surface area (Å²) >= 11 is 5.58. The topological polar surface area (TPSA) is 27.3 Å². The van der Waals surface area contributed by atoms with Gasteiger partial charge in [0.1, 0.15) is 0 Å². The molecule has 1 aromatic rings. The van der Waals surface area contributed by atoms with Gasteiger partial charge in [0.2, 0.25) is 0 Å². The van der Waals surface area contributed by atoms with E-state index in [2.05, 4.69) is 47.6 Å². The van der Waals surface area contributed by atoms with E-state index >= 15 is 0 Å². The Morgan fingerprint density at radius 1 is 1.00 bits per heavy atom. The summed E-state index contributed by atoms with van der Waals surface area (Å²) in [5.41, 5.74) is 3.71. The lowest BCUT2D eigenvalue weighted by Gasteiger charge is -2.49. The maximum Gasteiger partial charge on any atom is 0.170 e. The van der Waals surface area contributed by atoms with Crippen molar-refractivity contribution in [2.24, 2.45) is 0 Å². The molecule has 0 radical (unpaired) electrons. The van der Waals surface area contributed by atoms with E-state index < -0.39 is 0 Å². The highest BCUT2D eigenvalue weighted by Crippen LogP contribution is 2.41. The Hall–Kier alpha value is -1.13. The second-order valence-corrected chi connectivity index (χ2v) is 8.39. The van der Waals surface area contributed by atoms with Crippen LogP contribution in [0, 0.1) is 13.8 Å². The third kappa shape index (κ3) is 3.45. The SMILES string of the molecule is Cc1ccc(NC(=S)NC2C[C@H]3CCC[C@@H](C2)N3C2CC2)cc1C. The molecule has 3 atom stereocenters. The predicted octanol–water partition coefficient (Wildman–Crippen LogP) is 4.14. The Morgan fingerprint density at radius 3 is 2.33 bits per heavy atom. The maximum absolute atomic E-state index is 5.58. The molecule has 4 heteroatoms. The maximum atomic E-state index is 5.58. The van der Waals surface area contributed by atoms with Gasteiger partial charge in [-0.2, -0.15) is 0 Å². The molecule has 2 saturated heterocycles. The summed E-state index contributed by atoms with van der Waals surface area (Å²) in [7, 11) is 0. The molecule has 2 N–H and O–H groups in total. The van der Waals surface area contributed by atoms with E-state index in [0.717, 1.165) is 28.9 Å². The van der Waals surface area contributed by atoms with E-state index in [4.69, 9.17) is 12.2 Å². The Bertz CT molecular complexity index is 611. The lowest BCUT2D eigenvalue weighted by Crippen LogP contribution is -2.57. The molecule has 0 aromatic heterocycles. The number of anilines is 1. The van der Waals surface area contributed by atoms with Gasteiger partial charge in [-0.05, 0) is 87.8 Å². The van der Waals surface area contributed by atoms with Gasteiger partial charge in [-0.15, -0.1) is 0 Å². The van der Waals surface area contributed by atoms with Crippen LogP contribution in [0.1, 0.15) is 56.1 Å². The zero-order chi connectivity index (χ0) is 16.7. The quantitative estimate of drug-likeness (QED) is 0.807. The number of fused-ring (bicyclic) bond motifs is 2. The second kappa shape index (κ2) is 6.64. The molecule has 3 aliphatic rings. The zero-order valence-corrected chi connectivity index (χ0v) is 15.7. The molecule has 0 amide bonds. The number of piperidine rings is 2. The van der Waals surface area contributed by atoms with Crippen LogP contribution in [-0.2, 0) is 0 Å². The van der Waals surface area contributed by atoms with Gasteiger partial charge in [-0.1, -0.05) is 12.5 Å². The van der Waals surface area contributed by atoms with Gasteiger partial charge in [0.05, 0.1) is 0 Å². The molecule has 1 unspecified atom stereocenters. The number of benzene rings is 1. The van der Waals surface area contributed by atoms with Crippen LogP contribution >= 0.6 is 12.2 Å². The molecule has 1 aliphatic carbocycles. The fourth-order valence-corrected chi connectivity index (χ4v) is 4.96. The highest BCUT2D eigenvalue weighted by Gasteiger charge is 2.44. The first-order chi connectivity index (χ1) is 11.6. The summed E-state index contributed by atoms with van der Waals surface area (Å²) in [6.45, 7) is 4.29. The van der Waals surface area contributed by atoms with Gasteiger partial charge < -0.3 is 10.6 Å². The molecule has 3 nitrogen and oxygen atoms in total. The van der Waals surface area contributed by atoms with Crippen molar-refractivity contribution in [3.63, 3.8) is 0 Å². The van der Waals surface area contributed by atoms with Crippen molar-refractivity contribution in [2.45, 2.75) is 83.0 Å². The van der Waals surface area contributed by atoms with E-state index in [1.165, 1.54) is 56.1 Å². The van der Waals surface area contributed by atoms with Gasteiger partial charge >= 0.3 is 0 Å². The van der Waals surface area contributed by atoms with Crippen molar-refractivity contribution in [3.8, 4) is 0 Å². The third-order valence-corrected chi connectivity index (χ3v) is 6.32. The van der Waals surface area contributed by atoms with E-state index in [-0.39, 0.29) is 0 Å². The molecular weight excluding hydrogens is 314 g/mol. The summed E-state index contributed by atoms with van der Waals surface area (Å²) < 4.78 is 0. The van der Waals surface area contributed by atoms with Crippen molar-refractivity contribution < 1.29 is 0 Å². The molecule has 0 spiro atoms. The smallest absolute Gasteiger partial charge is 0.170 e. The lowest BCUT2D eigenvalue weighted by molar-refractivity contribution is 0.0209. The van der Waals surface area contributed by atoms with Crippen LogP contribution in [0.5, 0.6) is 0 Å². The fraction of sp³-hybridized carbons (Fsp3) is 0.650. The number of hydrogen-bond acceptors (Lipinski definition) is 2. The minimum atomic E-state index is 0.529. The van der Waals surface area contributed by atoms with Crippen LogP contribution in [0.2, 0.25) is 0 Å². The number of aryl methyl sites for hydroxylation is 2. The van der Waals surface area contributed by atoms with Gasteiger partial charge in [-0.3, -0.25) is 4.90 Å². The molecule has 1 saturated carbocycles. The van der Waals surface area contributed by atoms with Crippen LogP contribution in [0.15, 0.2) is 18.2 Å². The fourth-order valence-electron chi connectivity index (χ4n) is 4.68. The van der Waals surface area contributed by atoms with E-state index in [1.54, 1.807) is 0 Å². The summed E-state index contributed by atoms with van der Waals surface area (Å²) in [6, 6.07) is 9.44. The Kier molecular flexibility index (Phi) is 4.52. The van der Waals surface area contributed by atoms with Crippen LogP contribution in [0.25, 0.3) is 0 Å². The molecule has 3 fully saturated rings. The number of hydrogen-bond donors (Lipinski definition) is 2. The predicted molar refractivity (Wildman–Crippen MR) is 105 cm³/mol.